The van der Waals surface area contributed by atoms with Crippen molar-refractivity contribution in [2.45, 2.75) is 91.9 Å². The Morgan fingerprint density at radius 2 is 1.60 bits per heavy atom. The molecule has 1 saturated heterocycles. The first-order valence-electron chi connectivity index (χ1n) is 15.6. The second kappa shape index (κ2) is 18.0. The Bertz CT molecular complexity index is 1190. The van der Waals surface area contributed by atoms with Gasteiger partial charge in [-0.15, -0.1) is 0 Å². The topological polar surface area (TPSA) is 185 Å². The number of nitrogens with one attached hydrogen (secondary N) is 5. The van der Waals surface area contributed by atoms with Gasteiger partial charge in [-0.05, 0) is 50.0 Å². The van der Waals surface area contributed by atoms with Crippen LogP contribution in [-0.2, 0) is 28.7 Å². The van der Waals surface area contributed by atoms with Crippen molar-refractivity contribution in [1.29, 1.82) is 0 Å². The summed E-state index contributed by atoms with van der Waals surface area (Å²) in [6.45, 7) is 13.3. The zero-order chi connectivity index (χ0) is 33.7. The number of carbonyl (C=O) groups is 6. The van der Waals surface area contributed by atoms with Crippen LogP contribution < -0.4 is 26.6 Å². The van der Waals surface area contributed by atoms with Gasteiger partial charge < -0.3 is 35.7 Å². The van der Waals surface area contributed by atoms with Crippen LogP contribution in [-0.4, -0.2) is 72.8 Å². The third kappa shape index (κ3) is 12.0. The van der Waals surface area contributed by atoms with E-state index in [4.69, 9.17) is 9.15 Å². The van der Waals surface area contributed by atoms with Crippen LogP contribution in [0.1, 0.15) is 78.1 Å². The highest BCUT2D eigenvalue weighted by molar-refractivity contribution is 5.98. The van der Waals surface area contributed by atoms with Crippen LogP contribution in [0.5, 0.6) is 0 Å². The molecule has 0 radical (unpaired) electrons. The van der Waals surface area contributed by atoms with E-state index in [-0.39, 0.29) is 48.2 Å². The zero-order valence-corrected chi connectivity index (χ0v) is 27.3. The first-order chi connectivity index (χ1) is 21.2. The first kappa shape index (κ1) is 37.0. The smallest absolute Gasteiger partial charge is 0.330 e. The molecule has 1 aromatic heterocycles. The van der Waals surface area contributed by atoms with Crippen LogP contribution in [0.15, 0.2) is 35.2 Å². The summed E-state index contributed by atoms with van der Waals surface area (Å²) in [5, 5.41) is 13.9. The average Bonchev–Trinajstić information content (AvgIpc) is 3.64. The monoisotopic (exact) mass is 631 g/mol. The van der Waals surface area contributed by atoms with Crippen LogP contribution in [0.2, 0.25) is 0 Å². The Labute approximate surface area is 265 Å². The van der Waals surface area contributed by atoms with Crippen molar-refractivity contribution in [3.8, 4) is 0 Å². The van der Waals surface area contributed by atoms with Crippen molar-refractivity contribution in [3.05, 3.63) is 36.3 Å². The number of furan rings is 1. The molecule has 5 atom stereocenters. The Hall–Kier alpha value is -4.16. The number of amides is 5. The zero-order valence-electron chi connectivity index (χ0n) is 27.3. The van der Waals surface area contributed by atoms with Crippen LogP contribution in [0, 0.1) is 23.7 Å². The largest absolute Gasteiger partial charge is 0.472 e. The van der Waals surface area contributed by atoms with Gasteiger partial charge in [0.05, 0.1) is 18.4 Å². The Morgan fingerprint density at radius 3 is 2.13 bits per heavy atom. The summed E-state index contributed by atoms with van der Waals surface area (Å²) in [4.78, 5) is 77.3. The maximum Gasteiger partial charge on any atom is 0.330 e. The van der Waals surface area contributed by atoms with E-state index in [1.54, 1.807) is 34.6 Å². The molecule has 13 nitrogen and oxygen atoms in total. The molecule has 0 aliphatic carbocycles. The molecule has 2 heterocycles. The maximum atomic E-state index is 13.6. The third-order valence-corrected chi connectivity index (χ3v) is 7.39. The highest BCUT2D eigenvalue weighted by Crippen LogP contribution is 2.18. The number of ether oxygens (including phenoxy) is 1. The van der Waals surface area contributed by atoms with Crippen molar-refractivity contribution >= 4 is 35.5 Å². The molecular formula is C32H49N5O8. The highest BCUT2D eigenvalue weighted by atomic mass is 16.5. The fourth-order valence-corrected chi connectivity index (χ4v) is 4.93. The molecule has 1 fully saturated rings. The number of rotatable bonds is 17. The van der Waals surface area contributed by atoms with E-state index in [0.717, 1.165) is 0 Å². The fourth-order valence-electron chi connectivity index (χ4n) is 4.93. The van der Waals surface area contributed by atoms with Crippen LogP contribution in [0.25, 0.3) is 0 Å². The lowest BCUT2D eigenvalue weighted by Gasteiger charge is -2.29. The third-order valence-electron chi connectivity index (χ3n) is 7.39. The summed E-state index contributed by atoms with van der Waals surface area (Å²) in [6, 6.07) is -2.10. The lowest BCUT2D eigenvalue weighted by Crippen LogP contribution is -2.59. The number of hydrogen-bond acceptors (Lipinski definition) is 8. The summed E-state index contributed by atoms with van der Waals surface area (Å²) in [6.07, 6.45) is 6.50. The molecule has 2 rings (SSSR count). The predicted molar refractivity (Wildman–Crippen MR) is 166 cm³/mol. The van der Waals surface area contributed by atoms with Gasteiger partial charge in [-0.2, -0.15) is 0 Å². The molecule has 0 aromatic carbocycles. The Kier molecular flexibility index (Phi) is 14.8. The average molecular weight is 632 g/mol. The molecule has 0 spiro atoms. The van der Waals surface area contributed by atoms with Crippen molar-refractivity contribution in [2.24, 2.45) is 23.7 Å². The predicted octanol–water partition coefficient (Wildman–Crippen LogP) is 1.84. The van der Waals surface area contributed by atoms with Gasteiger partial charge in [0.1, 0.15) is 24.4 Å². The summed E-state index contributed by atoms with van der Waals surface area (Å²) in [5.41, 5.74) is 0.262. The Morgan fingerprint density at radius 1 is 0.956 bits per heavy atom. The molecule has 0 unspecified atom stereocenters. The van der Waals surface area contributed by atoms with E-state index in [0.29, 0.717) is 19.4 Å². The van der Waals surface area contributed by atoms with Gasteiger partial charge in [-0.25, -0.2) is 4.79 Å². The molecule has 5 N–H and O–H groups in total. The van der Waals surface area contributed by atoms with E-state index in [1.165, 1.54) is 30.7 Å². The molecule has 250 valence electrons. The van der Waals surface area contributed by atoms with Crippen molar-refractivity contribution in [2.75, 3.05) is 13.2 Å². The highest BCUT2D eigenvalue weighted by Gasteiger charge is 2.34. The summed E-state index contributed by atoms with van der Waals surface area (Å²) < 4.78 is 9.91. The van der Waals surface area contributed by atoms with Gasteiger partial charge in [-0.1, -0.05) is 47.6 Å². The van der Waals surface area contributed by atoms with Crippen LogP contribution >= 0.6 is 0 Å². The SMILES string of the molecule is CCOC(=O)C=C[C@H](C[C@@H]1CCNC1=O)NC(=O)[C@H](CC(C)C)NC(=O)[C@@H](NC(=O)[C@@H](NC(=O)c1ccoc1)C(C)C)C(C)C. The van der Waals surface area contributed by atoms with Gasteiger partial charge in [0.2, 0.25) is 23.6 Å². The maximum absolute atomic E-state index is 13.6. The van der Waals surface area contributed by atoms with Crippen LogP contribution in [0.4, 0.5) is 0 Å². The normalized spacial score (nSPS) is 17.5. The molecular weight excluding hydrogens is 582 g/mol. The summed E-state index contributed by atoms with van der Waals surface area (Å²) in [7, 11) is 0. The minimum absolute atomic E-state index is 0.0192. The molecule has 1 aliphatic rings. The van der Waals surface area contributed by atoms with Crippen molar-refractivity contribution in [3.63, 3.8) is 0 Å². The van der Waals surface area contributed by atoms with Gasteiger partial charge in [0.15, 0.2) is 0 Å². The fraction of sp³-hybridized carbons (Fsp3) is 0.625. The van der Waals surface area contributed by atoms with Crippen molar-refractivity contribution < 1.29 is 37.9 Å². The molecule has 1 aromatic rings. The van der Waals surface area contributed by atoms with Gasteiger partial charge in [0, 0.05) is 24.6 Å². The van der Waals surface area contributed by atoms with E-state index in [2.05, 4.69) is 26.6 Å². The lowest BCUT2D eigenvalue weighted by atomic mass is 9.96. The van der Waals surface area contributed by atoms with Gasteiger partial charge in [-0.3, -0.25) is 24.0 Å². The van der Waals surface area contributed by atoms with Gasteiger partial charge in [0.25, 0.3) is 5.91 Å². The van der Waals surface area contributed by atoms with E-state index in [9.17, 15) is 28.8 Å². The molecule has 5 amide bonds. The Balaban J connectivity index is 2.19. The number of hydrogen-bond donors (Lipinski definition) is 5. The second-order valence-corrected chi connectivity index (χ2v) is 12.4. The van der Waals surface area contributed by atoms with Crippen molar-refractivity contribution in [1.82, 2.24) is 26.6 Å². The standard InChI is InChI=1S/C32H49N5O8/c1-8-45-25(38)10-9-23(16-21-11-13-33-28(21)39)34-30(41)24(15-18(2)3)35-31(42)26(19(4)5)37-32(43)27(20(6)7)36-29(40)22-12-14-44-17-22/h9-10,12,14,17-21,23-24,26-27H,8,11,13,15-16H2,1-7H3,(H,33,39)(H,34,41)(H,35,42)(H,36,40)(H,37,43)/t21-,23+,24-,26-,27-/m0/s1. The minimum Gasteiger partial charge on any atom is -0.472 e. The first-order valence-corrected chi connectivity index (χ1v) is 15.6. The van der Waals surface area contributed by atoms with E-state index < -0.39 is 53.8 Å². The number of esters is 1. The summed E-state index contributed by atoms with van der Waals surface area (Å²) in [5.74, 6) is -3.75. The summed E-state index contributed by atoms with van der Waals surface area (Å²) >= 11 is 0. The lowest BCUT2D eigenvalue weighted by molar-refractivity contribution is -0.137. The molecule has 1 aliphatic heterocycles. The van der Waals surface area contributed by atoms with E-state index in [1.807, 2.05) is 13.8 Å². The molecule has 13 heteroatoms. The van der Waals surface area contributed by atoms with Crippen LogP contribution in [0.3, 0.4) is 0 Å². The second-order valence-electron chi connectivity index (χ2n) is 12.4. The minimum atomic E-state index is -1.01. The molecule has 0 saturated carbocycles. The molecule has 45 heavy (non-hydrogen) atoms. The molecule has 0 bridgehead atoms. The van der Waals surface area contributed by atoms with E-state index >= 15 is 0 Å². The van der Waals surface area contributed by atoms with Gasteiger partial charge >= 0.3 is 5.97 Å². The quantitative estimate of drug-likeness (QED) is 0.127. The number of carbonyl (C=O) groups excluding carboxylic acids is 6.